The molecule has 1 saturated heterocycles. The molecule has 1 aliphatic rings. The van der Waals surface area contributed by atoms with Crippen LogP contribution in [-0.4, -0.2) is 62.1 Å². The van der Waals surface area contributed by atoms with Crippen LogP contribution in [0.4, 0.5) is 4.39 Å². The smallest absolute Gasteiger partial charge is 0.251 e. The van der Waals surface area contributed by atoms with Crippen molar-refractivity contribution in [2.24, 2.45) is 0 Å². The normalized spacial score (nSPS) is 16.5. The van der Waals surface area contributed by atoms with E-state index in [4.69, 9.17) is 4.74 Å². The summed E-state index contributed by atoms with van der Waals surface area (Å²) < 4.78 is 18.8. The number of hydrogen-bond acceptors (Lipinski definition) is 4. The average Bonchev–Trinajstić information content (AvgIpc) is 2.71. The second-order valence-electron chi connectivity index (χ2n) is 7.07. The number of carbonyl (C=O) groups excluding carboxylic acids is 1. The highest BCUT2D eigenvalue weighted by atomic mass is 19.1. The van der Waals surface area contributed by atoms with E-state index in [1.165, 1.54) is 12.1 Å². The number of amides is 1. The van der Waals surface area contributed by atoms with Crippen molar-refractivity contribution in [3.8, 4) is 5.75 Å². The van der Waals surface area contributed by atoms with Gasteiger partial charge in [-0.15, -0.1) is 0 Å². The van der Waals surface area contributed by atoms with Gasteiger partial charge in [0, 0.05) is 38.3 Å². The lowest BCUT2D eigenvalue weighted by Gasteiger charge is -2.38. The lowest BCUT2D eigenvalue weighted by atomic mass is 10.0. The summed E-state index contributed by atoms with van der Waals surface area (Å²) in [4.78, 5) is 17.2. The third-order valence-electron chi connectivity index (χ3n) is 5.12. The molecular formula is C22H28FN3O2. The van der Waals surface area contributed by atoms with Crippen LogP contribution in [0, 0.1) is 5.82 Å². The number of nitrogens with one attached hydrogen (secondary N) is 1. The molecule has 6 heteroatoms. The SMILES string of the molecule is CCOc1ccc(C(=O)NCC(c2ccc(F)cc2)N2CCN(C)CC2)cc1. The molecule has 0 saturated carbocycles. The number of ether oxygens (including phenoxy) is 1. The first-order chi connectivity index (χ1) is 13.6. The Hall–Kier alpha value is -2.44. The number of carbonyl (C=O) groups is 1. The maximum Gasteiger partial charge on any atom is 0.251 e. The van der Waals surface area contributed by atoms with E-state index in [9.17, 15) is 9.18 Å². The highest BCUT2D eigenvalue weighted by Crippen LogP contribution is 2.22. The zero-order valence-electron chi connectivity index (χ0n) is 16.5. The zero-order chi connectivity index (χ0) is 19.9. The fourth-order valence-electron chi connectivity index (χ4n) is 3.44. The molecule has 0 radical (unpaired) electrons. The van der Waals surface area contributed by atoms with Crippen molar-refractivity contribution in [2.75, 3.05) is 46.4 Å². The monoisotopic (exact) mass is 385 g/mol. The maximum absolute atomic E-state index is 13.4. The Kier molecular flexibility index (Phi) is 7.01. The summed E-state index contributed by atoms with van der Waals surface area (Å²) in [5, 5.41) is 3.04. The Labute approximate surface area is 166 Å². The quantitative estimate of drug-likeness (QED) is 0.796. The van der Waals surface area contributed by atoms with Gasteiger partial charge < -0.3 is 15.0 Å². The van der Waals surface area contributed by atoms with Crippen molar-refractivity contribution in [2.45, 2.75) is 13.0 Å². The molecule has 2 aromatic carbocycles. The maximum atomic E-state index is 13.4. The number of nitrogens with zero attached hydrogens (tertiary/aromatic N) is 2. The number of rotatable bonds is 7. The minimum absolute atomic E-state index is 0.0148. The van der Waals surface area contributed by atoms with E-state index in [2.05, 4.69) is 22.2 Å². The zero-order valence-corrected chi connectivity index (χ0v) is 16.5. The molecule has 1 atom stereocenters. The first-order valence-electron chi connectivity index (χ1n) is 9.76. The number of hydrogen-bond donors (Lipinski definition) is 1. The standard InChI is InChI=1S/C22H28FN3O2/c1-3-28-20-10-6-18(7-11-20)22(27)24-16-21(17-4-8-19(23)9-5-17)26-14-12-25(2)13-15-26/h4-11,21H,3,12-16H2,1-2H3,(H,24,27). The molecule has 150 valence electrons. The Balaban J connectivity index is 1.68. The Bertz CT molecular complexity index is 756. The van der Waals surface area contributed by atoms with Crippen LogP contribution in [0.15, 0.2) is 48.5 Å². The van der Waals surface area contributed by atoms with E-state index in [1.54, 1.807) is 36.4 Å². The second-order valence-corrected chi connectivity index (χ2v) is 7.07. The summed E-state index contributed by atoms with van der Waals surface area (Å²) in [7, 11) is 2.11. The van der Waals surface area contributed by atoms with Crippen molar-refractivity contribution < 1.29 is 13.9 Å². The molecule has 0 spiro atoms. The van der Waals surface area contributed by atoms with Crippen LogP contribution in [0.2, 0.25) is 0 Å². The van der Waals surface area contributed by atoms with Gasteiger partial charge in [-0.3, -0.25) is 9.69 Å². The van der Waals surface area contributed by atoms with Gasteiger partial charge in [-0.25, -0.2) is 4.39 Å². The van der Waals surface area contributed by atoms with Gasteiger partial charge in [-0.05, 0) is 55.9 Å². The highest BCUT2D eigenvalue weighted by molar-refractivity contribution is 5.94. The third-order valence-corrected chi connectivity index (χ3v) is 5.12. The van der Waals surface area contributed by atoms with Crippen LogP contribution in [0.25, 0.3) is 0 Å². The van der Waals surface area contributed by atoms with E-state index >= 15 is 0 Å². The molecule has 3 rings (SSSR count). The van der Waals surface area contributed by atoms with E-state index in [-0.39, 0.29) is 17.8 Å². The van der Waals surface area contributed by atoms with E-state index < -0.39 is 0 Å². The molecule has 28 heavy (non-hydrogen) atoms. The van der Waals surface area contributed by atoms with Crippen molar-refractivity contribution in [3.63, 3.8) is 0 Å². The van der Waals surface area contributed by atoms with Crippen LogP contribution >= 0.6 is 0 Å². The number of halogens is 1. The summed E-state index contributed by atoms with van der Waals surface area (Å²) >= 11 is 0. The molecule has 1 aliphatic heterocycles. The Morgan fingerprint density at radius 1 is 1.07 bits per heavy atom. The van der Waals surface area contributed by atoms with Gasteiger partial charge in [0.05, 0.1) is 12.6 Å². The summed E-state index contributed by atoms with van der Waals surface area (Å²) in [6.45, 7) is 6.77. The third kappa shape index (κ3) is 5.30. The largest absolute Gasteiger partial charge is 0.494 e. The minimum Gasteiger partial charge on any atom is -0.494 e. The first-order valence-corrected chi connectivity index (χ1v) is 9.76. The minimum atomic E-state index is -0.251. The fourth-order valence-corrected chi connectivity index (χ4v) is 3.44. The Morgan fingerprint density at radius 3 is 2.32 bits per heavy atom. The average molecular weight is 385 g/mol. The molecule has 1 fully saturated rings. The van der Waals surface area contributed by atoms with Gasteiger partial charge in [-0.2, -0.15) is 0 Å². The van der Waals surface area contributed by atoms with Gasteiger partial charge in [-0.1, -0.05) is 12.1 Å². The van der Waals surface area contributed by atoms with E-state index in [0.29, 0.717) is 18.7 Å². The summed E-state index contributed by atoms with van der Waals surface area (Å²) in [6, 6.07) is 13.7. The van der Waals surface area contributed by atoms with Crippen LogP contribution in [-0.2, 0) is 0 Å². The highest BCUT2D eigenvalue weighted by Gasteiger charge is 2.24. The summed E-state index contributed by atoms with van der Waals surface area (Å²) in [5.74, 6) is 0.379. The molecule has 2 aromatic rings. The molecule has 1 amide bonds. The number of likely N-dealkylation sites (N-methyl/N-ethyl adjacent to an activating group) is 1. The van der Waals surface area contributed by atoms with Gasteiger partial charge in [0.2, 0.25) is 0 Å². The Morgan fingerprint density at radius 2 is 1.71 bits per heavy atom. The molecular weight excluding hydrogens is 357 g/mol. The van der Waals surface area contributed by atoms with Gasteiger partial charge in [0.25, 0.3) is 5.91 Å². The molecule has 0 aliphatic carbocycles. The van der Waals surface area contributed by atoms with Crippen molar-refractivity contribution in [1.29, 1.82) is 0 Å². The predicted molar refractivity (Wildman–Crippen MR) is 108 cm³/mol. The van der Waals surface area contributed by atoms with Gasteiger partial charge >= 0.3 is 0 Å². The summed E-state index contributed by atoms with van der Waals surface area (Å²) in [5.41, 5.74) is 1.61. The van der Waals surface area contributed by atoms with Crippen molar-refractivity contribution in [1.82, 2.24) is 15.1 Å². The van der Waals surface area contributed by atoms with Crippen LogP contribution in [0.3, 0.4) is 0 Å². The van der Waals surface area contributed by atoms with Crippen LogP contribution < -0.4 is 10.1 Å². The molecule has 1 heterocycles. The van der Waals surface area contributed by atoms with E-state index in [0.717, 1.165) is 37.5 Å². The van der Waals surface area contributed by atoms with E-state index in [1.807, 2.05) is 6.92 Å². The lowest BCUT2D eigenvalue weighted by Crippen LogP contribution is -2.48. The first kappa shape index (κ1) is 20.3. The van der Waals surface area contributed by atoms with Crippen LogP contribution in [0.5, 0.6) is 5.75 Å². The molecule has 1 unspecified atom stereocenters. The van der Waals surface area contributed by atoms with Gasteiger partial charge in [0.15, 0.2) is 0 Å². The summed E-state index contributed by atoms with van der Waals surface area (Å²) in [6.07, 6.45) is 0. The second kappa shape index (κ2) is 9.66. The van der Waals surface area contributed by atoms with Crippen molar-refractivity contribution >= 4 is 5.91 Å². The molecule has 1 N–H and O–H groups in total. The predicted octanol–water partition coefficient (Wildman–Crippen LogP) is 2.94. The topological polar surface area (TPSA) is 44.8 Å². The fraction of sp³-hybridized carbons (Fsp3) is 0.409. The number of benzene rings is 2. The van der Waals surface area contributed by atoms with Crippen LogP contribution in [0.1, 0.15) is 28.9 Å². The molecule has 0 bridgehead atoms. The lowest BCUT2D eigenvalue weighted by molar-refractivity contribution is 0.0886. The van der Waals surface area contributed by atoms with Crippen molar-refractivity contribution in [3.05, 3.63) is 65.5 Å². The van der Waals surface area contributed by atoms with Gasteiger partial charge in [0.1, 0.15) is 11.6 Å². The molecule has 0 aromatic heterocycles. The molecule has 5 nitrogen and oxygen atoms in total. The number of piperazine rings is 1.